The fourth-order valence-electron chi connectivity index (χ4n) is 9.80. The van der Waals surface area contributed by atoms with E-state index in [-0.39, 0.29) is 10.8 Å². The Hall–Kier alpha value is -7.16. The molecule has 11 rings (SSSR count). The van der Waals surface area contributed by atoms with Gasteiger partial charge in [-0.1, -0.05) is 208 Å². The van der Waals surface area contributed by atoms with E-state index in [4.69, 9.17) is 9.97 Å². The molecule has 0 fully saturated rings. The molecule has 0 aliphatic heterocycles. The third kappa shape index (κ3) is 5.18. The lowest BCUT2D eigenvalue weighted by atomic mass is 9.55. The number of hydrogen-bond acceptors (Lipinski definition) is 2. The fraction of sp³-hybridized carbons (Fsp3) is 0.0714. The predicted molar refractivity (Wildman–Crippen MR) is 239 cm³/mol. The molecule has 2 heteroatoms. The van der Waals surface area contributed by atoms with Crippen molar-refractivity contribution in [3.63, 3.8) is 0 Å². The van der Waals surface area contributed by atoms with Crippen LogP contribution in [-0.2, 0) is 10.8 Å². The van der Waals surface area contributed by atoms with Crippen LogP contribution >= 0.6 is 0 Å². The minimum Gasteiger partial charge on any atom is -0.228 e. The van der Waals surface area contributed by atoms with Gasteiger partial charge in [-0.3, -0.25) is 0 Å². The minimum atomic E-state index is -0.389. The van der Waals surface area contributed by atoms with Crippen molar-refractivity contribution in [2.45, 2.75) is 24.7 Å². The van der Waals surface area contributed by atoms with Gasteiger partial charge >= 0.3 is 0 Å². The zero-order valence-electron chi connectivity index (χ0n) is 32.5. The highest BCUT2D eigenvalue weighted by molar-refractivity contribution is 5.91. The maximum atomic E-state index is 5.12. The standard InChI is InChI=1S/C56H40N2/c1-55(2)48-21-11-13-23-50(48)56(51-24-14-12-22-49(51)55)46-20-10-9-19-44(46)45-35-43(33-34-47(45)56)39-27-31-41(32-28-39)53-36-52(57-54(58-53)42-17-7-4-8-18-42)40-29-25-38(26-30-40)37-15-5-3-6-16-37/h3-36H,1-2H3. The molecule has 2 nitrogen and oxygen atoms in total. The fourth-order valence-corrected chi connectivity index (χ4v) is 9.80. The van der Waals surface area contributed by atoms with E-state index in [0.29, 0.717) is 5.82 Å². The van der Waals surface area contributed by atoms with E-state index < -0.39 is 0 Å². The zero-order valence-corrected chi connectivity index (χ0v) is 32.5. The summed E-state index contributed by atoms with van der Waals surface area (Å²) in [7, 11) is 0. The molecule has 0 bridgehead atoms. The summed E-state index contributed by atoms with van der Waals surface area (Å²) in [5.74, 6) is 0.713. The highest BCUT2D eigenvalue weighted by Gasteiger charge is 2.53. The molecule has 0 N–H and O–H groups in total. The molecule has 1 spiro atoms. The summed E-state index contributed by atoms with van der Waals surface area (Å²) in [5.41, 5.74) is 20.0. The van der Waals surface area contributed by atoms with Crippen molar-refractivity contribution in [1.82, 2.24) is 9.97 Å². The highest BCUT2D eigenvalue weighted by atomic mass is 14.9. The first-order valence-electron chi connectivity index (χ1n) is 20.2. The summed E-state index contributed by atoms with van der Waals surface area (Å²) < 4.78 is 0. The Morgan fingerprint density at radius 2 is 0.690 bits per heavy atom. The number of aromatic nitrogens is 2. The van der Waals surface area contributed by atoms with Gasteiger partial charge in [0, 0.05) is 22.1 Å². The Bertz CT molecular complexity index is 2950. The molecule has 9 aromatic rings. The van der Waals surface area contributed by atoms with E-state index in [9.17, 15) is 0 Å². The molecule has 58 heavy (non-hydrogen) atoms. The molecule has 1 heterocycles. The monoisotopic (exact) mass is 740 g/mol. The van der Waals surface area contributed by atoms with Gasteiger partial charge in [0.2, 0.25) is 0 Å². The first-order valence-corrected chi connectivity index (χ1v) is 20.2. The number of hydrogen-bond donors (Lipinski definition) is 0. The average Bonchev–Trinajstić information content (AvgIpc) is 3.59. The molecule has 2 aliphatic carbocycles. The van der Waals surface area contributed by atoms with Crippen LogP contribution in [0.15, 0.2) is 206 Å². The van der Waals surface area contributed by atoms with Gasteiger partial charge in [-0.05, 0) is 78.9 Å². The van der Waals surface area contributed by atoms with Gasteiger partial charge in [-0.25, -0.2) is 9.97 Å². The largest absolute Gasteiger partial charge is 0.228 e. The lowest BCUT2D eigenvalue weighted by Gasteiger charge is -2.46. The highest BCUT2D eigenvalue weighted by Crippen LogP contribution is 2.62. The van der Waals surface area contributed by atoms with Crippen LogP contribution in [0.5, 0.6) is 0 Å². The second-order valence-electron chi connectivity index (χ2n) is 16.1. The number of nitrogens with zero attached hydrogens (tertiary/aromatic N) is 2. The van der Waals surface area contributed by atoms with Gasteiger partial charge in [-0.2, -0.15) is 0 Å². The normalized spacial score (nSPS) is 14.0. The molecule has 0 unspecified atom stereocenters. The maximum absolute atomic E-state index is 5.12. The lowest BCUT2D eigenvalue weighted by Crippen LogP contribution is -2.40. The average molecular weight is 741 g/mol. The van der Waals surface area contributed by atoms with Crippen LogP contribution in [0, 0.1) is 0 Å². The van der Waals surface area contributed by atoms with Gasteiger partial charge in [0.25, 0.3) is 0 Å². The van der Waals surface area contributed by atoms with Gasteiger partial charge in [0.15, 0.2) is 5.82 Å². The van der Waals surface area contributed by atoms with Gasteiger partial charge in [0.05, 0.1) is 16.8 Å². The minimum absolute atomic E-state index is 0.114. The van der Waals surface area contributed by atoms with Crippen LogP contribution in [0.1, 0.15) is 47.2 Å². The topological polar surface area (TPSA) is 25.8 Å². The van der Waals surface area contributed by atoms with Crippen molar-refractivity contribution in [2.24, 2.45) is 0 Å². The van der Waals surface area contributed by atoms with Crippen LogP contribution in [0.4, 0.5) is 0 Å². The predicted octanol–water partition coefficient (Wildman–Crippen LogP) is 13.8. The summed E-state index contributed by atoms with van der Waals surface area (Å²) >= 11 is 0. The molecule has 0 radical (unpaired) electrons. The van der Waals surface area contributed by atoms with Crippen molar-refractivity contribution in [3.8, 4) is 67.3 Å². The molecule has 1 aromatic heterocycles. The Labute approximate surface area is 340 Å². The number of fused-ring (bicyclic) bond motifs is 9. The SMILES string of the molecule is CC1(C)c2ccccc2C2(c3ccccc3-c3cc(-c4ccc(-c5cc(-c6ccc(-c7ccccc7)cc6)nc(-c6ccccc6)n5)cc4)ccc32)c2ccccc21. The van der Waals surface area contributed by atoms with E-state index in [2.05, 4.69) is 196 Å². The molecule has 274 valence electrons. The second-order valence-corrected chi connectivity index (χ2v) is 16.1. The molecule has 0 amide bonds. The summed E-state index contributed by atoms with van der Waals surface area (Å²) in [4.78, 5) is 10.2. The Morgan fingerprint density at radius 3 is 1.26 bits per heavy atom. The van der Waals surface area contributed by atoms with Crippen molar-refractivity contribution >= 4 is 0 Å². The van der Waals surface area contributed by atoms with Gasteiger partial charge < -0.3 is 0 Å². The Morgan fingerprint density at radius 1 is 0.293 bits per heavy atom. The molecule has 2 aliphatic rings. The van der Waals surface area contributed by atoms with Gasteiger partial charge in [-0.15, -0.1) is 0 Å². The smallest absolute Gasteiger partial charge is 0.160 e. The van der Waals surface area contributed by atoms with Crippen LogP contribution in [0.3, 0.4) is 0 Å². The zero-order chi connectivity index (χ0) is 38.8. The summed E-state index contributed by atoms with van der Waals surface area (Å²) in [6.45, 7) is 4.75. The molecule has 0 saturated heterocycles. The third-order valence-corrected chi connectivity index (χ3v) is 12.6. The summed E-state index contributed by atoms with van der Waals surface area (Å²) in [6.07, 6.45) is 0. The lowest BCUT2D eigenvalue weighted by molar-refractivity contribution is 0.563. The van der Waals surface area contributed by atoms with Crippen molar-refractivity contribution in [1.29, 1.82) is 0 Å². The Balaban J connectivity index is 1.00. The maximum Gasteiger partial charge on any atom is 0.160 e. The van der Waals surface area contributed by atoms with E-state index in [0.717, 1.165) is 28.1 Å². The summed E-state index contributed by atoms with van der Waals surface area (Å²) in [5, 5.41) is 0. The molecular formula is C56H40N2. The van der Waals surface area contributed by atoms with Crippen LogP contribution in [-0.4, -0.2) is 9.97 Å². The van der Waals surface area contributed by atoms with Crippen molar-refractivity contribution < 1.29 is 0 Å². The molecular weight excluding hydrogens is 701 g/mol. The second kappa shape index (κ2) is 13.2. The van der Waals surface area contributed by atoms with Crippen LogP contribution in [0.2, 0.25) is 0 Å². The van der Waals surface area contributed by atoms with E-state index in [1.165, 1.54) is 66.8 Å². The van der Waals surface area contributed by atoms with E-state index >= 15 is 0 Å². The quantitative estimate of drug-likeness (QED) is 0.176. The molecule has 8 aromatic carbocycles. The number of rotatable bonds is 5. The first kappa shape index (κ1) is 34.1. The van der Waals surface area contributed by atoms with Crippen molar-refractivity contribution in [3.05, 3.63) is 240 Å². The van der Waals surface area contributed by atoms with Gasteiger partial charge in [0.1, 0.15) is 0 Å². The third-order valence-electron chi connectivity index (χ3n) is 12.6. The first-order chi connectivity index (χ1) is 28.5. The van der Waals surface area contributed by atoms with Crippen LogP contribution in [0.25, 0.3) is 67.3 Å². The van der Waals surface area contributed by atoms with E-state index in [1.54, 1.807) is 0 Å². The van der Waals surface area contributed by atoms with E-state index in [1.807, 2.05) is 24.3 Å². The number of benzene rings is 8. The van der Waals surface area contributed by atoms with Crippen LogP contribution < -0.4 is 0 Å². The molecule has 0 atom stereocenters. The molecule has 0 saturated carbocycles. The van der Waals surface area contributed by atoms with Crippen molar-refractivity contribution in [2.75, 3.05) is 0 Å². The Kier molecular flexibility index (Phi) is 7.78. The summed E-state index contributed by atoms with van der Waals surface area (Å²) in [6, 6.07) is 74.8.